The number of esters is 1. The summed E-state index contributed by atoms with van der Waals surface area (Å²) in [6.45, 7) is -0.239. The number of carbonyl (C=O) groups excluding carboxylic acids is 4. The molecule has 8 nitrogen and oxygen atoms in total. The van der Waals surface area contributed by atoms with Crippen LogP contribution in [0.5, 0.6) is 0 Å². The zero-order valence-electron chi connectivity index (χ0n) is 15.4. The number of nitrogens with one attached hydrogen (secondary N) is 2. The zero-order chi connectivity index (χ0) is 20.3. The number of hydrogen-bond acceptors (Lipinski definition) is 5. The molecule has 0 unspecified atom stereocenters. The van der Waals surface area contributed by atoms with Gasteiger partial charge in [0.2, 0.25) is 17.7 Å². The van der Waals surface area contributed by atoms with E-state index >= 15 is 0 Å². The summed E-state index contributed by atoms with van der Waals surface area (Å²) in [4.78, 5) is 50.1. The maximum atomic E-state index is 13.7. The first-order chi connectivity index (χ1) is 13.4. The Morgan fingerprint density at radius 1 is 1.14 bits per heavy atom. The van der Waals surface area contributed by atoms with E-state index in [2.05, 4.69) is 15.4 Å². The average molecular weight is 391 g/mol. The molecule has 2 aliphatic heterocycles. The van der Waals surface area contributed by atoms with Crippen molar-refractivity contribution >= 4 is 23.7 Å². The van der Waals surface area contributed by atoms with E-state index < -0.39 is 48.0 Å². The normalized spacial score (nSPS) is 27.1. The maximum Gasteiger partial charge on any atom is 0.328 e. The Morgan fingerprint density at radius 2 is 1.79 bits per heavy atom. The Bertz CT molecular complexity index is 772. The fraction of sp³-hybridized carbons (Fsp3) is 0.474. The second-order valence-electron chi connectivity index (χ2n) is 6.93. The molecule has 28 heavy (non-hydrogen) atoms. The molecule has 4 atom stereocenters. The van der Waals surface area contributed by atoms with Gasteiger partial charge in [0.15, 0.2) is 0 Å². The monoisotopic (exact) mass is 391 g/mol. The predicted molar refractivity (Wildman–Crippen MR) is 95.7 cm³/mol. The van der Waals surface area contributed by atoms with Crippen molar-refractivity contribution in [3.05, 3.63) is 35.9 Å². The molecule has 0 aromatic heterocycles. The van der Waals surface area contributed by atoms with Crippen molar-refractivity contribution in [1.29, 1.82) is 0 Å². The quantitative estimate of drug-likeness (QED) is 0.672. The van der Waals surface area contributed by atoms with Crippen molar-refractivity contribution < 1.29 is 28.3 Å². The second-order valence-corrected chi connectivity index (χ2v) is 6.93. The highest BCUT2D eigenvalue weighted by Crippen LogP contribution is 2.23. The fourth-order valence-electron chi connectivity index (χ4n) is 3.52. The summed E-state index contributed by atoms with van der Waals surface area (Å²) in [6.07, 6.45) is -1.49. The third-order valence-electron chi connectivity index (χ3n) is 4.97. The minimum atomic E-state index is -1.34. The summed E-state index contributed by atoms with van der Waals surface area (Å²) in [5.74, 6) is -2.17. The number of ether oxygens (including phenoxy) is 1. The first-order valence-corrected chi connectivity index (χ1v) is 9.05. The highest BCUT2D eigenvalue weighted by atomic mass is 19.1. The largest absolute Gasteiger partial charge is 0.467 e. The number of hydrogen-bond donors (Lipinski definition) is 2. The van der Waals surface area contributed by atoms with Gasteiger partial charge in [-0.05, 0) is 5.56 Å². The molecule has 150 valence electrons. The Hall–Kier alpha value is -2.97. The van der Waals surface area contributed by atoms with E-state index in [4.69, 9.17) is 0 Å². The second kappa shape index (κ2) is 8.37. The van der Waals surface area contributed by atoms with Gasteiger partial charge >= 0.3 is 5.97 Å². The lowest BCUT2D eigenvalue weighted by molar-refractivity contribution is -0.151. The number of alkyl halides is 1. The van der Waals surface area contributed by atoms with Gasteiger partial charge in [0, 0.05) is 12.8 Å². The summed E-state index contributed by atoms with van der Waals surface area (Å²) < 4.78 is 18.3. The summed E-state index contributed by atoms with van der Waals surface area (Å²) >= 11 is 0. The molecular weight excluding hydrogens is 369 g/mol. The van der Waals surface area contributed by atoms with Crippen molar-refractivity contribution in [3.63, 3.8) is 0 Å². The minimum Gasteiger partial charge on any atom is -0.467 e. The molecule has 2 aliphatic rings. The van der Waals surface area contributed by atoms with Gasteiger partial charge in [-0.15, -0.1) is 0 Å². The SMILES string of the molecule is COC(=O)[C@H]1C[C@@H](F)CN1C(=O)C[C@H]1NC(=O)[C@H](Cc2ccccc2)NC1=O. The van der Waals surface area contributed by atoms with Gasteiger partial charge in [0.25, 0.3) is 0 Å². The van der Waals surface area contributed by atoms with E-state index in [1.165, 1.54) is 0 Å². The maximum absolute atomic E-state index is 13.7. The third kappa shape index (κ3) is 4.29. The van der Waals surface area contributed by atoms with Gasteiger partial charge in [-0.25, -0.2) is 9.18 Å². The molecular formula is C19H22FN3O5. The van der Waals surface area contributed by atoms with Crippen molar-refractivity contribution in [2.24, 2.45) is 0 Å². The first-order valence-electron chi connectivity index (χ1n) is 9.05. The fourth-order valence-corrected chi connectivity index (χ4v) is 3.52. The molecule has 3 rings (SSSR count). The summed E-state index contributed by atoms with van der Waals surface area (Å²) in [6, 6.07) is 6.42. The number of rotatable bonds is 5. The molecule has 2 fully saturated rings. The van der Waals surface area contributed by atoms with Crippen LogP contribution in [0.2, 0.25) is 0 Å². The van der Waals surface area contributed by atoms with Gasteiger partial charge in [-0.1, -0.05) is 30.3 Å². The average Bonchev–Trinajstić information content (AvgIpc) is 3.08. The van der Waals surface area contributed by atoms with Crippen LogP contribution in [0.15, 0.2) is 30.3 Å². The summed E-state index contributed by atoms with van der Waals surface area (Å²) in [5, 5.41) is 5.18. The Morgan fingerprint density at radius 3 is 2.46 bits per heavy atom. The van der Waals surface area contributed by atoms with Crippen LogP contribution >= 0.6 is 0 Å². The molecule has 0 saturated carbocycles. The Labute approximate surface area is 161 Å². The van der Waals surface area contributed by atoms with Gasteiger partial charge in [0.1, 0.15) is 24.3 Å². The van der Waals surface area contributed by atoms with Crippen molar-refractivity contribution in [2.75, 3.05) is 13.7 Å². The molecule has 3 amide bonds. The van der Waals surface area contributed by atoms with Crippen LogP contribution in [-0.4, -0.2) is 66.5 Å². The molecule has 1 aromatic rings. The molecule has 0 radical (unpaired) electrons. The van der Waals surface area contributed by atoms with Gasteiger partial charge in [0.05, 0.1) is 20.1 Å². The van der Waals surface area contributed by atoms with E-state index in [-0.39, 0.29) is 19.4 Å². The van der Waals surface area contributed by atoms with E-state index in [1.54, 1.807) is 0 Å². The zero-order valence-corrected chi connectivity index (χ0v) is 15.4. The molecule has 1 aromatic carbocycles. The van der Waals surface area contributed by atoms with E-state index in [1.807, 2.05) is 30.3 Å². The number of nitrogens with zero attached hydrogens (tertiary/aromatic N) is 1. The number of halogens is 1. The smallest absolute Gasteiger partial charge is 0.328 e. The molecule has 9 heteroatoms. The lowest BCUT2D eigenvalue weighted by atomic mass is 10.0. The van der Waals surface area contributed by atoms with Gasteiger partial charge < -0.3 is 20.3 Å². The topological polar surface area (TPSA) is 105 Å². The minimum absolute atomic E-state index is 0.138. The van der Waals surface area contributed by atoms with Crippen LogP contribution in [0.1, 0.15) is 18.4 Å². The summed E-state index contributed by atoms with van der Waals surface area (Å²) in [7, 11) is 1.16. The lowest BCUT2D eigenvalue weighted by Crippen LogP contribution is -2.63. The number of methoxy groups -OCH3 is 1. The number of likely N-dealkylation sites (tertiary alicyclic amines) is 1. The van der Waals surface area contributed by atoms with Gasteiger partial charge in [-0.3, -0.25) is 14.4 Å². The van der Waals surface area contributed by atoms with E-state index in [0.29, 0.717) is 6.42 Å². The molecule has 0 spiro atoms. The van der Waals surface area contributed by atoms with Crippen LogP contribution in [-0.2, 0) is 30.3 Å². The van der Waals surface area contributed by atoms with E-state index in [0.717, 1.165) is 17.6 Å². The van der Waals surface area contributed by atoms with Crippen LogP contribution in [0.4, 0.5) is 4.39 Å². The summed E-state index contributed by atoms with van der Waals surface area (Å²) in [5.41, 5.74) is 0.893. The lowest BCUT2D eigenvalue weighted by Gasteiger charge is -2.31. The number of benzene rings is 1. The van der Waals surface area contributed by atoms with Crippen LogP contribution in [0.3, 0.4) is 0 Å². The van der Waals surface area contributed by atoms with Crippen LogP contribution in [0.25, 0.3) is 0 Å². The van der Waals surface area contributed by atoms with Crippen molar-refractivity contribution in [1.82, 2.24) is 15.5 Å². The first kappa shape index (κ1) is 19.8. The van der Waals surface area contributed by atoms with Crippen LogP contribution in [0, 0.1) is 0 Å². The molecule has 2 heterocycles. The third-order valence-corrected chi connectivity index (χ3v) is 4.97. The Balaban J connectivity index is 1.61. The molecule has 2 saturated heterocycles. The molecule has 0 aliphatic carbocycles. The number of piperazine rings is 1. The van der Waals surface area contributed by atoms with Crippen molar-refractivity contribution in [2.45, 2.75) is 43.6 Å². The molecule has 2 N–H and O–H groups in total. The van der Waals surface area contributed by atoms with Crippen molar-refractivity contribution in [3.8, 4) is 0 Å². The predicted octanol–water partition coefficient (Wildman–Crippen LogP) is -0.286. The highest BCUT2D eigenvalue weighted by molar-refractivity contribution is 5.99. The molecule has 0 bridgehead atoms. The highest BCUT2D eigenvalue weighted by Gasteiger charge is 2.42. The number of amides is 3. The van der Waals surface area contributed by atoms with Gasteiger partial charge in [-0.2, -0.15) is 0 Å². The van der Waals surface area contributed by atoms with E-state index in [9.17, 15) is 23.6 Å². The standard InChI is InChI=1S/C19H22FN3O5/c1-28-19(27)15-8-12(20)10-23(15)16(24)9-14-18(26)21-13(17(25)22-14)7-11-5-3-2-4-6-11/h2-6,12-15H,7-10H2,1H3,(H,21,26)(H,22,25)/t12-,13+,14-,15-/m1/s1. The Kier molecular flexibility index (Phi) is 5.91. The van der Waals surface area contributed by atoms with Crippen LogP contribution < -0.4 is 10.6 Å². The number of carbonyl (C=O) groups is 4.